The molecule has 0 fully saturated rings. The fourth-order valence-corrected chi connectivity index (χ4v) is 1.39. The third-order valence-electron chi connectivity index (χ3n) is 1.93. The van der Waals surface area contributed by atoms with Gasteiger partial charge in [0.2, 0.25) is 5.91 Å². The lowest BCUT2D eigenvalue weighted by atomic mass is 10.1. The van der Waals surface area contributed by atoms with Crippen molar-refractivity contribution in [2.24, 2.45) is 0 Å². The molecule has 0 aromatic heterocycles. The molecule has 0 aliphatic carbocycles. The Hall–Kier alpha value is -1.38. The van der Waals surface area contributed by atoms with Gasteiger partial charge < -0.3 is 5.32 Å². The Balaban J connectivity index is 2.60. The third-order valence-corrected chi connectivity index (χ3v) is 1.93. The smallest absolute Gasteiger partial charge is 0.217 e. The fourth-order valence-electron chi connectivity index (χ4n) is 1.39. The first-order chi connectivity index (χ1) is 6.59. The third kappa shape index (κ3) is 3.17. The average Bonchev–Trinajstić information content (AvgIpc) is 2.07. The molecule has 0 heterocycles. The van der Waals surface area contributed by atoms with Crippen LogP contribution in [0.15, 0.2) is 24.3 Å². The van der Waals surface area contributed by atoms with E-state index in [0.29, 0.717) is 12.0 Å². The first-order valence-electron chi connectivity index (χ1n) is 4.60. The summed E-state index contributed by atoms with van der Waals surface area (Å²) in [6.45, 7) is 3.31. The molecule has 0 saturated heterocycles. The second-order valence-electron chi connectivity index (χ2n) is 3.40. The molecule has 1 aromatic carbocycles. The zero-order valence-corrected chi connectivity index (χ0v) is 8.38. The number of amides is 1. The summed E-state index contributed by atoms with van der Waals surface area (Å²) in [5.74, 6) is -0.307. The monoisotopic (exact) mass is 195 g/mol. The van der Waals surface area contributed by atoms with E-state index in [0.717, 1.165) is 0 Å². The van der Waals surface area contributed by atoms with Crippen LogP contribution in [0, 0.1) is 5.82 Å². The zero-order valence-electron chi connectivity index (χ0n) is 8.38. The van der Waals surface area contributed by atoms with Crippen LogP contribution in [-0.2, 0) is 11.2 Å². The van der Waals surface area contributed by atoms with Gasteiger partial charge in [0.25, 0.3) is 0 Å². The van der Waals surface area contributed by atoms with E-state index in [9.17, 15) is 9.18 Å². The summed E-state index contributed by atoms with van der Waals surface area (Å²) in [5.41, 5.74) is 0.633. The van der Waals surface area contributed by atoms with Gasteiger partial charge in [-0.25, -0.2) is 4.39 Å². The molecule has 1 rings (SSSR count). The van der Waals surface area contributed by atoms with E-state index in [4.69, 9.17) is 0 Å². The van der Waals surface area contributed by atoms with E-state index in [1.165, 1.54) is 13.0 Å². The standard InChI is InChI=1S/C11H14FNO/c1-8(13-9(2)14)7-10-5-3-4-6-11(10)12/h3-6,8H,7H2,1-2H3,(H,13,14). The lowest BCUT2D eigenvalue weighted by Gasteiger charge is -2.12. The van der Waals surface area contributed by atoms with Gasteiger partial charge in [0.05, 0.1) is 0 Å². The second-order valence-corrected chi connectivity index (χ2v) is 3.40. The minimum Gasteiger partial charge on any atom is -0.354 e. The first-order valence-corrected chi connectivity index (χ1v) is 4.60. The molecule has 76 valence electrons. The van der Waals surface area contributed by atoms with Crippen LogP contribution in [-0.4, -0.2) is 11.9 Å². The van der Waals surface area contributed by atoms with Gasteiger partial charge in [-0.2, -0.15) is 0 Å². The van der Waals surface area contributed by atoms with Crippen LogP contribution < -0.4 is 5.32 Å². The number of hydrogen-bond acceptors (Lipinski definition) is 1. The Morgan fingerprint density at radius 1 is 1.50 bits per heavy atom. The van der Waals surface area contributed by atoms with Crippen LogP contribution in [0.3, 0.4) is 0 Å². The molecule has 0 bridgehead atoms. The van der Waals surface area contributed by atoms with E-state index in [1.54, 1.807) is 18.2 Å². The van der Waals surface area contributed by atoms with Crippen LogP contribution >= 0.6 is 0 Å². The normalized spacial score (nSPS) is 12.2. The summed E-state index contributed by atoms with van der Waals surface area (Å²) in [6.07, 6.45) is 0.520. The SMILES string of the molecule is CC(=O)NC(C)Cc1ccccc1F. The molecule has 2 nitrogen and oxygen atoms in total. The molecule has 3 heteroatoms. The molecule has 1 atom stereocenters. The quantitative estimate of drug-likeness (QED) is 0.784. The highest BCUT2D eigenvalue weighted by atomic mass is 19.1. The summed E-state index contributed by atoms with van der Waals surface area (Å²) >= 11 is 0. The Kier molecular flexibility index (Phi) is 3.63. The molecule has 1 aromatic rings. The van der Waals surface area contributed by atoms with Gasteiger partial charge in [0, 0.05) is 13.0 Å². The summed E-state index contributed by atoms with van der Waals surface area (Å²) in [7, 11) is 0. The van der Waals surface area contributed by atoms with Crippen molar-refractivity contribution in [1.29, 1.82) is 0 Å². The lowest BCUT2D eigenvalue weighted by Crippen LogP contribution is -2.32. The first kappa shape index (κ1) is 10.7. The summed E-state index contributed by atoms with van der Waals surface area (Å²) in [4.78, 5) is 10.7. The number of carbonyl (C=O) groups is 1. The molecule has 1 unspecified atom stereocenters. The van der Waals surface area contributed by atoms with E-state index in [1.807, 2.05) is 6.92 Å². The maximum atomic E-state index is 13.2. The molecule has 0 saturated carbocycles. The number of hydrogen-bond donors (Lipinski definition) is 1. The number of nitrogens with one attached hydrogen (secondary N) is 1. The molecule has 1 amide bonds. The van der Waals surface area contributed by atoms with Crippen molar-refractivity contribution >= 4 is 5.91 Å². The largest absolute Gasteiger partial charge is 0.354 e. The Morgan fingerprint density at radius 3 is 2.71 bits per heavy atom. The molecule has 0 spiro atoms. The fraction of sp³-hybridized carbons (Fsp3) is 0.364. The van der Waals surface area contributed by atoms with Crippen molar-refractivity contribution in [3.05, 3.63) is 35.6 Å². The summed E-state index contributed by atoms with van der Waals surface area (Å²) < 4.78 is 13.2. The highest BCUT2D eigenvalue weighted by Crippen LogP contribution is 2.08. The van der Waals surface area contributed by atoms with Crippen molar-refractivity contribution in [2.75, 3.05) is 0 Å². The van der Waals surface area contributed by atoms with Crippen molar-refractivity contribution in [1.82, 2.24) is 5.32 Å². The molecular formula is C11H14FNO. The molecule has 0 radical (unpaired) electrons. The highest BCUT2D eigenvalue weighted by molar-refractivity contribution is 5.73. The van der Waals surface area contributed by atoms with Crippen LogP contribution in [0.2, 0.25) is 0 Å². The van der Waals surface area contributed by atoms with Crippen molar-refractivity contribution in [2.45, 2.75) is 26.3 Å². The highest BCUT2D eigenvalue weighted by Gasteiger charge is 2.07. The van der Waals surface area contributed by atoms with Gasteiger partial charge in [-0.1, -0.05) is 18.2 Å². The van der Waals surface area contributed by atoms with Crippen LogP contribution in [0.4, 0.5) is 4.39 Å². The molecule has 14 heavy (non-hydrogen) atoms. The topological polar surface area (TPSA) is 29.1 Å². The second kappa shape index (κ2) is 4.74. The van der Waals surface area contributed by atoms with Crippen molar-refractivity contribution in [3.63, 3.8) is 0 Å². The van der Waals surface area contributed by atoms with E-state index in [2.05, 4.69) is 5.32 Å². The molecule has 1 N–H and O–H groups in total. The number of benzene rings is 1. The van der Waals surface area contributed by atoms with Crippen molar-refractivity contribution in [3.8, 4) is 0 Å². The van der Waals surface area contributed by atoms with Gasteiger partial charge in [-0.05, 0) is 25.0 Å². The molecule has 0 aliphatic rings. The van der Waals surface area contributed by atoms with Gasteiger partial charge in [0.15, 0.2) is 0 Å². The van der Waals surface area contributed by atoms with Gasteiger partial charge in [0.1, 0.15) is 5.82 Å². The summed E-state index contributed by atoms with van der Waals surface area (Å²) in [5, 5.41) is 2.71. The Labute approximate surface area is 83.1 Å². The number of rotatable bonds is 3. The lowest BCUT2D eigenvalue weighted by molar-refractivity contribution is -0.119. The maximum absolute atomic E-state index is 13.2. The Morgan fingerprint density at radius 2 is 2.14 bits per heavy atom. The maximum Gasteiger partial charge on any atom is 0.217 e. The molecular weight excluding hydrogens is 181 g/mol. The van der Waals surface area contributed by atoms with Crippen molar-refractivity contribution < 1.29 is 9.18 Å². The Bertz CT molecular complexity index is 325. The van der Waals surface area contributed by atoms with E-state index in [-0.39, 0.29) is 17.8 Å². The van der Waals surface area contributed by atoms with Crippen LogP contribution in [0.1, 0.15) is 19.4 Å². The number of carbonyl (C=O) groups excluding carboxylic acids is 1. The van der Waals surface area contributed by atoms with Gasteiger partial charge in [-0.3, -0.25) is 4.79 Å². The minimum atomic E-state index is -0.218. The molecule has 0 aliphatic heterocycles. The average molecular weight is 195 g/mol. The predicted molar refractivity (Wildman–Crippen MR) is 53.4 cm³/mol. The summed E-state index contributed by atoms with van der Waals surface area (Å²) in [6, 6.07) is 6.56. The predicted octanol–water partition coefficient (Wildman–Crippen LogP) is 1.89. The minimum absolute atomic E-state index is 0.0376. The van der Waals surface area contributed by atoms with E-state index >= 15 is 0 Å². The van der Waals surface area contributed by atoms with E-state index < -0.39 is 0 Å². The van der Waals surface area contributed by atoms with Gasteiger partial charge in [-0.15, -0.1) is 0 Å². The number of halogens is 1. The van der Waals surface area contributed by atoms with Crippen LogP contribution in [0.25, 0.3) is 0 Å². The zero-order chi connectivity index (χ0) is 10.6. The van der Waals surface area contributed by atoms with Crippen LogP contribution in [0.5, 0.6) is 0 Å². The van der Waals surface area contributed by atoms with Gasteiger partial charge >= 0.3 is 0 Å².